The van der Waals surface area contributed by atoms with Crippen molar-refractivity contribution in [1.29, 1.82) is 0 Å². The van der Waals surface area contributed by atoms with Gasteiger partial charge in [-0.15, -0.1) is 0 Å². The summed E-state index contributed by atoms with van der Waals surface area (Å²) in [5, 5.41) is 5.64. The van der Waals surface area contributed by atoms with Gasteiger partial charge in [-0.25, -0.2) is 9.78 Å². The van der Waals surface area contributed by atoms with Gasteiger partial charge in [-0.05, 0) is 36.4 Å². The smallest absolute Gasteiger partial charge is 0.321 e. The largest absolute Gasteiger partial charge is 0.342 e. The van der Waals surface area contributed by atoms with Gasteiger partial charge in [0.2, 0.25) is 5.91 Å². The molecule has 1 aliphatic rings. The molecule has 26 heavy (non-hydrogen) atoms. The Morgan fingerprint density at radius 3 is 2.69 bits per heavy atom. The summed E-state index contributed by atoms with van der Waals surface area (Å²) in [4.78, 5) is 33.2. The van der Waals surface area contributed by atoms with E-state index in [2.05, 4.69) is 20.6 Å². The van der Waals surface area contributed by atoms with Crippen LogP contribution < -0.4 is 15.5 Å². The van der Waals surface area contributed by atoms with Crippen LogP contribution in [0.15, 0.2) is 48.5 Å². The molecule has 1 aromatic heterocycles. The molecule has 1 saturated heterocycles. The minimum absolute atomic E-state index is 0.0721. The molecule has 7 nitrogen and oxygen atoms in total. The zero-order chi connectivity index (χ0) is 17.9. The molecule has 0 spiro atoms. The van der Waals surface area contributed by atoms with Crippen molar-refractivity contribution in [2.45, 2.75) is 12.8 Å². The number of imidazole rings is 1. The van der Waals surface area contributed by atoms with E-state index in [1.54, 1.807) is 17.0 Å². The van der Waals surface area contributed by atoms with E-state index in [9.17, 15) is 9.59 Å². The molecule has 7 heteroatoms. The molecule has 3 amide bonds. The number of carbonyl (C=O) groups excluding carboxylic acids is 2. The molecule has 2 aromatic carbocycles. The molecule has 1 fully saturated rings. The van der Waals surface area contributed by atoms with Gasteiger partial charge in [0.05, 0.1) is 11.0 Å². The Balaban J connectivity index is 1.33. The van der Waals surface area contributed by atoms with E-state index in [0.29, 0.717) is 31.6 Å². The second-order valence-corrected chi connectivity index (χ2v) is 6.18. The van der Waals surface area contributed by atoms with Gasteiger partial charge in [-0.3, -0.25) is 9.69 Å². The summed E-state index contributed by atoms with van der Waals surface area (Å²) in [5.74, 6) is 0.730. The summed E-state index contributed by atoms with van der Waals surface area (Å²) < 4.78 is 0. The van der Waals surface area contributed by atoms with Crippen molar-refractivity contribution in [1.82, 2.24) is 15.3 Å². The normalized spacial score (nSPS) is 13.8. The van der Waals surface area contributed by atoms with Crippen LogP contribution >= 0.6 is 0 Å². The number of fused-ring (bicyclic) bond motifs is 1. The molecule has 1 aliphatic heterocycles. The SMILES string of the molecule is O=C(CCc1nc2ccccc2[nH]1)Nc1ccc(N2CCNC2=O)cc1. The fraction of sp³-hybridized carbons (Fsp3) is 0.211. The summed E-state index contributed by atoms with van der Waals surface area (Å²) in [6, 6.07) is 15.0. The number of nitrogens with zero attached hydrogens (tertiary/aromatic N) is 2. The molecule has 0 aliphatic carbocycles. The zero-order valence-electron chi connectivity index (χ0n) is 14.2. The Bertz CT molecular complexity index is 915. The van der Waals surface area contributed by atoms with Gasteiger partial charge >= 0.3 is 6.03 Å². The predicted octanol–water partition coefficient (Wildman–Crippen LogP) is 2.66. The second kappa shape index (κ2) is 6.87. The van der Waals surface area contributed by atoms with Crippen LogP contribution in [0.3, 0.4) is 0 Å². The molecular weight excluding hydrogens is 330 g/mol. The molecule has 0 unspecified atom stereocenters. The molecule has 4 rings (SSSR count). The summed E-state index contributed by atoms with van der Waals surface area (Å²) in [6.07, 6.45) is 0.892. The Morgan fingerprint density at radius 2 is 1.96 bits per heavy atom. The monoisotopic (exact) mass is 349 g/mol. The first-order valence-corrected chi connectivity index (χ1v) is 8.58. The number of para-hydroxylation sites is 2. The lowest BCUT2D eigenvalue weighted by Gasteiger charge is -2.14. The average molecular weight is 349 g/mol. The maximum Gasteiger partial charge on any atom is 0.321 e. The molecule has 0 bridgehead atoms. The van der Waals surface area contributed by atoms with Crippen LogP contribution in [0.25, 0.3) is 11.0 Å². The van der Waals surface area contributed by atoms with Gasteiger partial charge in [0.25, 0.3) is 0 Å². The molecule has 3 aromatic rings. The van der Waals surface area contributed by atoms with Crippen LogP contribution in [-0.4, -0.2) is 35.0 Å². The van der Waals surface area contributed by atoms with Gasteiger partial charge in [0, 0.05) is 37.3 Å². The third-order valence-corrected chi connectivity index (χ3v) is 4.35. The molecular formula is C19H19N5O2. The van der Waals surface area contributed by atoms with Crippen molar-refractivity contribution in [3.63, 3.8) is 0 Å². The third-order valence-electron chi connectivity index (χ3n) is 4.35. The molecule has 0 saturated carbocycles. The number of nitrogens with one attached hydrogen (secondary N) is 3. The van der Waals surface area contributed by atoms with Gasteiger partial charge in [0.1, 0.15) is 5.82 Å². The Hall–Kier alpha value is -3.35. The number of urea groups is 1. The number of H-pyrrole nitrogens is 1. The number of aryl methyl sites for hydroxylation is 1. The second-order valence-electron chi connectivity index (χ2n) is 6.18. The van der Waals surface area contributed by atoms with E-state index in [1.807, 2.05) is 36.4 Å². The summed E-state index contributed by atoms with van der Waals surface area (Å²) >= 11 is 0. The number of aromatic nitrogens is 2. The number of benzene rings is 2. The lowest BCUT2D eigenvalue weighted by Crippen LogP contribution is -2.27. The summed E-state index contributed by atoms with van der Waals surface area (Å²) in [7, 11) is 0. The predicted molar refractivity (Wildman–Crippen MR) is 100 cm³/mol. The van der Waals surface area contributed by atoms with Gasteiger partial charge < -0.3 is 15.6 Å². The number of hydrogen-bond donors (Lipinski definition) is 3. The Kier molecular flexibility index (Phi) is 4.27. The van der Waals surface area contributed by atoms with Crippen LogP contribution in [-0.2, 0) is 11.2 Å². The van der Waals surface area contributed by atoms with E-state index < -0.39 is 0 Å². The number of rotatable bonds is 5. The minimum atomic E-state index is -0.0902. The fourth-order valence-electron chi connectivity index (χ4n) is 3.02. The zero-order valence-corrected chi connectivity index (χ0v) is 14.2. The third kappa shape index (κ3) is 3.37. The van der Waals surface area contributed by atoms with E-state index in [4.69, 9.17) is 0 Å². The molecule has 3 N–H and O–H groups in total. The topological polar surface area (TPSA) is 90.1 Å². The van der Waals surface area contributed by atoms with Crippen molar-refractivity contribution in [3.8, 4) is 0 Å². The Labute approximate surface area is 150 Å². The number of anilines is 2. The van der Waals surface area contributed by atoms with E-state index in [0.717, 1.165) is 22.5 Å². The fourth-order valence-corrected chi connectivity index (χ4v) is 3.02. The van der Waals surface area contributed by atoms with E-state index in [1.165, 1.54) is 0 Å². The van der Waals surface area contributed by atoms with Gasteiger partial charge in [-0.1, -0.05) is 12.1 Å². The number of carbonyl (C=O) groups is 2. The van der Waals surface area contributed by atoms with E-state index in [-0.39, 0.29) is 11.9 Å². The van der Waals surface area contributed by atoms with Crippen molar-refractivity contribution >= 4 is 34.3 Å². The number of hydrogen-bond acceptors (Lipinski definition) is 3. The van der Waals surface area contributed by atoms with Crippen LogP contribution in [0.4, 0.5) is 16.2 Å². The van der Waals surface area contributed by atoms with Crippen molar-refractivity contribution < 1.29 is 9.59 Å². The van der Waals surface area contributed by atoms with Crippen LogP contribution in [0, 0.1) is 0 Å². The first kappa shape index (κ1) is 16.1. The highest BCUT2D eigenvalue weighted by Crippen LogP contribution is 2.20. The quantitative estimate of drug-likeness (QED) is 0.661. The van der Waals surface area contributed by atoms with Crippen molar-refractivity contribution in [2.75, 3.05) is 23.3 Å². The first-order valence-electron chi connectivity index (χ1n) is 8.58. The van der Waals surface area contributed by atoms with Crippen LogP contribution in [0.2, 0.25) is 0 Å². The first-order chi connectivity index (χ1) is 12.7. The Morgan fingerprint density at radius 1 is 1.15 bits per heavy atom. The van der Waals surface area contributed by atoms with Crippen molar-refractivity contribution in [2.24, 2.45) is 0 Å². The van der Waals surface area contributed by atoms with Crippen LogP contribution in [0.5, 0.6) is 0 Å². The molecule has 0 atom stereocenters. The van der Waals surface area contributed by atoms with Gasteiger partial charge in [-0.2, -0.15) is 0 Å². The molecule has 132 valence electrons. The summed E-state index contributed by atoms with van der Waals surface area (Å²) in [6.45, 7) is 1.31. The standard InChI is InChI=1S/C19H19N5O2/c25-18(10-9-17-22-15-3-1-2-4-16(15)23-17)21-13-5-7-14(8-6-13)24-12-11-20-19(24)26/h1-8H,9-12H2,(H,20,26)(H,21,25)(H,22,23). The van der Waals surface area contributed by atoms with Crippen molar-refractivity contribution in [3.05, 3.63) is 54.4 Å². The molecule has 2 heterocycles. The van der Waals surface area contributed by atoms with Crippen LogP contribution in [0.1, 0.15) is 12.2 Å². The summed E-state index contributed by atoms with van der Waals surface area (Å²) in [5.41, 5.74) is 3.41. The lowest BCUT2D eigenvalue weighted by molar-refractivity contribution is -0.116. The maximum absolute atomic E-state index is 12.2. The minimum Gasteiger partial charge on any atom is -0.342 e. The maximum atomic E-state index is 12.2. The number of amides is 3. The highest BCUT2D eigenvalue weighted by Gasteiger charge is 2.20. The average Bonchev–Trinajstić information content (AvgIpc) is 3.26. The number of aromatic amines is 1. The van der Waals surface area contributed by atoms with E-state index >= 15 is 0 Å². The highest BCUT2D eigenvalue weighted by molar-refractivity contribution is 5.95. The lowest BCUT2D eigenvalue weighted by atomic mass is 10.2. The van der Waals surface area contributed by atoms with Gasteiger partial charge in [0.15, 0.2) is 0 Å². The molecule has 0 radical (unpaired) electrons. The highest BCUT2D eigenvalue weighted by atomic mass is 16.2.